The van der Waals surface area contributed by atoms with Crippen LogP contribution in [0.3, 0.4) is 0 Å². The number of methoxy groups -OCH3 is 1. The lowest BCUT2D eigenvalue weighted by Gasteiger charge is -2.37. The monoisotopic (exact) mass is 469 g/mol. The molecule has 1 aromatic heterocycles. The number of anilines is 1. The summed E-state index contributed by atoms with van der Waals surface area (Å²) in [6, 6.07) is 15.7. The van der Waals surface area contributed by atoms with Gasteiger partial charge in [0.25, 0.3) is 0 Å². The van der Waals surface area contributed by atoms with E-state index >= 15 is 0 Å². The van der Waals surface area contributed by atoms with E-state index in [1.165, 1.54) is 5.69 Å². The molecule has 1 N–H and O–H groups in total. The Labute approximate surface area is 207 Å². The molecule has 0 bridgehead atoms. The van der Waals surface area contributed by atoms with Gasteiger partial charge in [-0.1, -0.05) is 36.4 Å². The first-order valence-electron chi connectivity index (χ1n) is 12.2. The number of nitrogens with zero attached hydrogens (tertiary/aromatic N) is 3. The van der Waals surface area contributed by atoms with E-state index < -0.39 is 5.60 Å². The zero-order chi connectivity index (χ0) is 24.6. The minimum Gasteiger partial charge on any atom is -0.496 e. The van der Waals surface area contributed by atoms with Crippen LogP contribution in [-0.4, -0.2) is 42.5 Å². The van der Waals surface area contributed by atoms with Gasteiger partial charge in [-0.15, -0.1) is 0 Å². The molecule has 180 valence electrons. The summed E-state index contributed by atoms with van der Waals surface area (Å²) >= 11 is 0. The van der Waals surface area contributed by atoms with Crippen LogP contribution in [0.25, 0.3) is 16.0 Å². The molecule has 1 saturated heterocycles. The summed E-state index contributed by atoms with van der Waals surface area (Å²) in [4.78, 5) is 10.6. The second kappa shape index (κ2) is 9.33. The number of pyridine rings is 1. The number of benzene rings is 2. The van der Waals surface area contributed by atoms with E-state index in [0.29, 0.717) is 17.8 Å². The van der Waals surface area contributed by atoms with Crippen LogP contribution in [-0.2, 0) is 16.8 Å². The predicted molar refractivity (Wildman–Crippen MR) is 137 cm³/mol. The van der Waals surface area contributed by atoms with Crippen LogP contribution in [0.5, 0.6) is 5.75 Å². The van der Waals surface area contributed by atoms with Crippen molar-refractivity contribution in [3.05, 3.63) is 83.0 Å². The van der Waals surface area contributed by atoms with Gasteiger partial charge in [0.2, 0.25) is 0 Å². The molecule has 0 saturated carbocycles. The van der Waals surface area contributed by atoms with Crippen LogP contribution in [0.15, 0.2) is 54.7 Å². The highest BCUT2D eigenvalue weighted by Gasteiger charge is 2.39. The Morgan fingerprint density at radius 2 is 1.77 bits per heavy atom. The van der Waals surface area contributed by atoms with Crippen molar-refractivity contribution >= 4 is 11.4 Å². The van der Waals surface area contributed by atoms with E-state index in [2.05, 4.69) is 47.9 Å². The Bertz CT molecular complexity index is 1240. The Hall–Kier alpha value is -3.40. The van der Waals surface area contributed by atoms with Crippen molar-refractivity contribution in [2.24, 2.45) is 0 Å². The molecular weight excluding hydrogens is 438 g/mol. The molecule has 35 heavy (non-hydrogen) atoms. The SMILES string of the molecule is [C-]#[N+]c1ccc(C2(O)CCCc3c2ncc(-c2ccc(N4C[C@@H](C)O[C@@H](C)C4)cc2)c3OC)cc1. The molecule has 6 nitrogen and oxygen atoms in total. The lowest BCUT2D eigenvalue weighted by molar-refractivity contribution is -0.00521. The minimum absolute atomic E-state index is 0.208. The van der Waals surface area contributed by atoms with Crippen LogP contribution in [0.1, 0.15) is 43.5 Å². The van der Waals surface area contributed by atoms with Gasteiger partial charge in [0, 0.05) is 36.1 Å². The van der Waals surface area contributed by atoms with Crippen molar-refractivity contribution in [3.63, 3.8) is 0 Å². The first-order valence-corrected chi connectivity index (χ1v) is 12.2. The third-order valence-corrected chi connectivity index (χ3v) is 7.13. The second-order valence-corrected chi connectivity index (χ2v) is 9.61. The fourth-order valence-corrected chi connectivity index (χ4v) is 5.54. The van der Waals surface area contributed by atoms with Gasteiger partial charge in [-0.25, -0.2) is 4.85 Å². The number of fused-ring (bicyclic) bond motifs is 1. The van der Waals surface area contributed by atoms with Gasteiger partial charge in [-0.05, 0) is 56.4 Å². The molecule has 0 radical (unpaired) electrons. The third-order valence-electron chi connectivity index (χ3n) is 7.13. The number of ether oxygens (including phenoxy) is 2. The molecule has 0 spiro atoms. The molecular formula is C29H31N3O3. The Morgan fingerprint density at radius 1 is 1.09 bits per heavy atom. The summed E-state index contributed by atoms with van der Waals surface area (Å²) in [6.07, 6.45) is 4.43. The predicted octanol–water partition coefficient (Wildman–Crippen LogP) is 5.49. The lowest BCUT2D eigenvalue weighted by atomic mass is 9.77. The van der Waals surface area contributed by atoms with Crippen molar-refractivity contribution in [1.29, 1.82) is 0 Å². The van der Waals surface area contributed by atoms with Gasteiger partial charge in [0.15, 0.2) is 5.69 Å². The van der Waals surface area contributed by atoms with Gasteiger partial charge in [0.1, 0.15) is 11.4 Å². The Kier molecular flexibility index (Phi) is 6.22. The molecule has 1 fully saturated rings. The summed E-state index contributed by atoms with van der Waals surface area (Å²) < 4.78 is 11.8. The zero-order valence-electron chi connectivity index (χ0n) is 20.5. The van der Waals surface area contributed by atoms with Crippen LogP contribution in [0.4, 0.5) is 11.4 Å². The van der Waals surface area contributed by atoms with Crippen LogP contribution >= 0.6 is 0 Å². The molecule has 1 aliphatic heterocycles. The maximum absolute atomic E-state index is 11.8. The molecule has 2 aliphatic rings. The van der Waals surface area contributed by atoms with Crippen molar-refractivity contribution in [2.75, 3.05) is 25.1 Å². The maximum atomic E-state index is 11.8. The normalized spacial score (nSPS) is 23.9. The van der Waals surface area contributed by atoms with Gasteiger partial charge < -0.3 is 19.5 Å². The van der Waals surface area contributed by atoms with Crippen LogP contribution in [0, 0.1) is 6.57 Å². The number of rotatable bonds is 4. The topological polar surface area (TPSA) is 59.2 Å². The number of aliphatic hydroxyl groups is 1. The highest BCUT2D eigenvalue weighted by molar-refractivity contribution is 5.74. The second-order valence-electron chi connectivity index (χ2n) is 9.61. The summed E-state index contributed by atoms with van der Waals surface area (Å²) in [5.41, 5.74) is 4.84. The number of aromatic nitrogens is 1. The van der Waals surface area contributed by atoms with Crippen molar-refractivity contribution in [2.45, 2.75) is 50.9 Å². The number of hydrogen-bond donors (Lipinski definition) is 1. The van der Waals surface area contributed by atoms with E-state index in [-0.39, 0.29) is 12.2 Å². The number of morpholine rings is 1. The maximum Gasteiger partial charge on any atom is 0.187 e. The zero-order valence-corrected chi connectivity index (χ0v) is 20.5. The Morgan fingerprint density at radius 3 is 2.40 bits per heavy atom. The van der Waals surface area contributed by atoms with Crippen molar-refractivity contribution in [1.82, 2.24) is 4.98 Å². The van der Waals surface area contributed by atoms with Crippen molar-refractivity contribution < 1.29 is 14.6 Å². The summed E-state index contributed by atoms with van der Waals surface area (Å²) in [7, 11) is 1.68. The van der Waals surface area contributed by atoms with Gasteiger partial charge in [-0.3, -0.25) is 4.98 Å². The van der Waals surface area contributed by atoms with E-state index in [1.54, 1.807) is 19.2 Å². The van der Waals surface area contributed by atoms with E-state index in [9.17, 15) is 5.11 Å². The molecule has 5 rings (SSSR count). The molecule has 1 unspecified atom stereocenters. The van der Waals surface area contributed by atoms with E-state index in [0.717, 1.165) is 53.9 Å². The molecule has 6 heteroatoms. The lowest BCUT2D eigenvalue weighted by Crippen LogP contribution is -2.45. The Balaban J connectivity index is 1.50. The fraction of sp³-hybridized carbons (Fsp3) is 0.379. The average molecular weight is 470 g/mol. The van der Waals surface area contributed by atoms with Gasteiger partial charge in [0.05, 0.1) is 31.6 Å². The summed E-state index contributed by atoms with van der Waals surface area (Å²) in [5, 5.41) is 11.8. The third kappa shape index (κ3) is 4.27. The largest absolute Gasteiger partial charge is 0.496 e. The van der Waals surface area contributed by atoms with Crippen molar-refractivity contribution in [3.8, 4) is 16.9 Å². The minimum atomic E-state index is -1.20. The quantitative estimate of drug-likeness (QED) is 0.512. The van der Waals surface area contributed by atoms with Gasteiger partial charge in [-0.2, -0.15) is 0 Å². The molecule has 3 aromatic rings. The number of hydrogen-bond acceptors (Lipinski definition) is 5. The van der Waals surface area contributed by atoms with E-state index in [4.69, 9.17) is 21.0 Å². The van der Waals surface area contributed by atoms with E-state index in [1.807, 2.05) is 18.3 Å². The highest BCUT2D eigenvalue weighted by atomic mass is 16.5. The summed E-state index contributed by atoms with van der Waals surface area (Å²) in [5.74, 6) is 0.771. The standard InChI is InChI=1S/C29H31N3O3/c1-19-17-32(18-20(2)35-19)24-13-7-21(8-14-24)26-16-31-28-25(27(26)34-4)6-5-15-29(28,33)22-9-11-23(30-3)12-10-22/h7-14,16,19-20,33H,5-6,15,17-18H2,1-2,4H3/t19-,20+,29?. The molecule has 2 heterocycles. The molecule has 1 aliphatic carbocycles. The first-order chi connectivity index (χ1) is 16.9. The molecule has 2 aromatic carbocycles. The molecule has 0 amide bonds. The average Bonchev–Trinajstić information content (AvgIpc) is 2.88. The summed E-state index contributed by atoms with van der Waals surface area (Å²) in [6.45, 7) is 13.2. The van der Waals surface area contributed by atoms with Crippen LogP contribution < -0.4 is 9.64 Å². The highest BCUT2D eigenvalue weighted by Crippen LogP contribution is 2.45. The smallest absolute Gasteiger partial charge is 0.187 e. The molecule has 3 atom stereocenters. The fourth-order valence-electron chi connectivity index (χ4n) is 5.54. The van der Waals surface area contributed by atoms with Gasteiger partial charge >= 0.3 is 0 Å². The first kappa shape index (κ1) is 23.3. The van der Waals surface area contributed by atoms with Crippen LogP contribution in [0.2, 0.25) is 0 Å².